The van der Waals surface area contributed by atoms with E-state index < -0.39 is 24.4 Å². The van der Waals surface area contributed by atoms with Crippen LogP contribution in [0.15, 0.2) is 18.6 Å². The average Bonchev–Trinajstić information content (AvgIpc) is 2.19. The van der Waals surface area contributed by atoms with Crippen molar-refractivity contribution < 1.29 is 18.4 Å². The molecular weight excluding hydrogens is 194 g/mol. The summed E-state index contributed by atoms with van der Waals surface area (Å²) in [6, 6.07) is 0. The van der Waals surface area contributed by atoms with Crippen molar-refractivity contribution in [1.29, 1.82) is 0 Å². The van der Waals surface area contributed by atoms with E-state index in [4.69, 9.17) is 0 Å². The van der Waals surface area contributed by atoms with Crippen LogP contribution >= 0.6 is 0 Å². The van der Waals surface area contributed by atoms with E-state index in [1.54, 1.807) is 0 Å². The number of carbonyl (C=O) groups is 2. The van der Waals surface area contributed by atoms with Gasteiger partial charge in [-0.1, -0.05) is 0 Å². The number of Topliss-reactive ketones (excluding diaryl/α,β-unsaturated/α-hetero) is 2. The lowest BCUT2D eigenvalue weighted by Crippen LogP contribution is -2.16. The summed E-state index contributed by atoms with van der Waals surface area (Å²) < 4.78 is 23.5. The van der Waals surface area contributed by atoms with E-state index >= 15 is 0 Å². The quantitative estimate of drug-likeness (QED) is 0.534. The summed E-state index contributed by atoms with van der Waals surface area (Å²) in [7, 11) is 0. The maximum atomic E-state index is 11.8. The Kier molecular flexibility index (Phi) is 3.33. The second-order valence-electron chi connectivity index (χ2n) is 2.46. The van der Waals surface area contributed by atoms with Crippen molar-refractivity contribution in [2.75, 3.05) is 0 Å². The van der Waals surface area contributed by atoms with Crippen LogP contribution in [0.4, 0.5) is 8.78 Å². The van der Waals surface area contributed by atoms with Crippen LogP contribution in [-0.4, -0.2) is 28.0 Å². The second-order valence-corrected chi connectivity index (χ2v) is 2.46. The Hall–Kier alpha value is -1.72. The lowest BCUT2D eigenvalue weighted by atomic mass is 10.1. The summed E-state index contributed by atoms with van der Waals surface area (Å²) in [6.45, 7) is 0. The lowest BCUT2D eigenvalue weighted by molar-refractivity contribution is -0.128. The Labute approximate surface area is 78.0 Å². The number of alkyl halides is 2. The topological polar surface area (TPSA) is 59.9 Å². The van der Waals surface area contributed by atoms with Gasteiger partial charge in [0.25, 0.3) is 6.43 Å². The highest BCUT2D eigenvalue weighted by molar-refractivity contribution is 6.07. The Bertz CT molecular complexity index is 340. The van der Waals surface area contributed by atoms with Gasteiger partial charge in [0.15, 0.2) is 5.78 Å². The van der Waals surface area contributed by atoms with E-state index in [9.17, 15) is 18.4 Å². The van der Waals surface area contributed by atoms with Crippen molar-refractivity contribution in [3.8, 4) is 0 Å². The van der Waals surface area contributed by atoms with Crippen molar-refractivity contribution in [2.24, 2.45) is 0 Å². The van der Waals surface area contributed by atoms with Crippen LogP contribution < -0.4 is 0 Å². The average molecular weight is 200 g/mol. The van der Waals surface area contributed by atoms with Gasteiger partial charge in [0, 0.05) is 12.4 Å². The fraction of sp³-hybridized carbons (Fsp3) is 0.250. The number of hydrogen-bond donors (Lipinski definition) is 0. The second kappa shape index (κ2) is 4.50. The number of halogens is 2. The minimum Gasteiger partial charge on any atom is -0.293 e. The Morgan fingerprint density at radius 1 is 1.36 bits per heavy atom. The molecule has 0 bridgehead atoms. The lowest BCUT2D eigenvalue weighted by Gasteiger charge is -1.97. The van der Waals surface area contributed by atoms with Gasteiger partial charge in [-0.15, -0.1) is 0 Å². The van der Waals surface area contributed by atoms with Crippen LogP contribution in [0.2, 0.25) is 0 Å². The fourth-order valence-corrected chi connectivity index (χ4v) is 0.769. The van der Waals surface area contributed by atoms with Crippen molar-refractivity contribution >= 4 is 11.6 Å². The van der Waals surface area contributed by atoms with Crippen LogP contribution in [0.1, 0.15) is 16.9 Å². The normalized spacial score (nSPS) is 10.2. The van der Waals surface area contributed by atoms with Crippen molar-refractivity contribution in [3.05, 3.63) is 24.3 Å². The first-order chi connectivity index (χ1) is 6.61. The molecule has 0 spiro atoms. The first kappa shape index (κ1) is 10.4. The molecule has 0 unspecified atom stereocenters. The summed E-state index contributed by atoms with van der Waals surface area (Å²) in [5.74, 6) is -2.15. The van der Waals surface area contributed by atoms with Gasteiger partial charge < -0.3 is 0 Å². The highest BCUT2D eigenvalue weighted by Gasteiger charge is 2.20. The molecule has 74 valence electrons. The smallest absolute Gasteiger partial charge is 0.293 e. The van der Waals surface area contributed by atoms with Gasteiger partial charge in [-0.25, -0.2) is 13.8 Å². The summed E-state index contributed by atoms with van der Waals surface area (Å²) in [5, 5.41) is 0. The van der Waals surface area contributed by atoms with Crippen molar-refractivity contribution in [1.82, 2.24) is 9.97 Å². The van der Waals surface area contributed by atoms with E-state index in [-0.39, 0.29) is 5.69 Å². The van der Waals surface area contributed by atoms with Crippen LogP contribution in [-0.2, 0) is 4.79 Å². The largest absolute Gasteiger partial charge is 0.296 e. The molecule has 0 aliphatic carbocycles. The summed E-state index contributed by atoms with van der Waals surface area (Å²) in [5.41, 5.74) is -0.0819. The molecule has 0 radical (unpaired) electrons. The predicted octanol–water partition coefficient (Wildman–Crippen LogP) is 0.884. The zero-order valence-corrected chi connectivity index (χ0v) is 6.98. The van der Waals surface area contributed by atoms with Gasteiger partial charge in [-0.2, -0.15) is 0 Å². The molecule has 1 heterocycles. The number of nitrogens with zero attached hydrogens (tertiary/aromatic N) is 2. The minimum absolute atomic E-state index is 0.0819. The molecule has 0 aliphatic heterocycles. The number of aromatic nitrogens is 2. The summed E-state index contributed by atoms with van der Waals surface area (Å²) in [6.07, 6.45) is -0.237. The fourth-order valence-electron chi connectivity index (χ4n) is 0.769. The van der Waals surface area contributed by atoms with Crippen LogP contribution in [0.3, 0.4) is 0 Å². The molecule has 0 saturated carbocycles. The van der Waals surface area contributed by atoms with E-state index in [1.165, 1.54) is 12.4 Å². The zero-order chi connectivity index (χ0) is 10.6. The molecule has 1 aromatic rings. The third-order valence-electron chi connectivity index (χ3n) is 1.43. The van der Waals surface area contributed by atoms with Gasteiger partial charge in [0.1, 0.15) is 5.69 Å². The van der Waals surface area contributed by atoms with E-state index in [0.717, 1.165) is 6.20 Å². The van der Waals surface area contributed by atoms with Gasteiger partial charge in [-0.05, 0) is 0 Å². The van der Waals surface area contributed by atoms with E-state index in [2.05, 4.69) is 9.97 Å². The molecule has 14 heavy (non-hydrogen) atoms. The highest BCUT2D eigenvalue weighted by atomic mass is 19.3. The number of rotatable bonds is 4. The standard InChI is InChI=1S/C8H6F2N2O2/c9-8(10)7(14)3-6(13)5-4-11-1-2-12-5/h1-2,4,8H,3H2. The maximum Gasteiger partial charge on any atom is 0.296 e. The Morgan fingerprint density at radius 2 is 2.07 bits per heavy atom. The SMILES string of the molecule is O=C(CC(=O)C(F)F)c1cnccn1. The summed E-state index contributed by atoms with van der Waals surface area (Å²) in [4.78, 5) is 28.8. The Balaban J connectivity index is 2.65. The van der Waals surface area contributed by atoms with E-state index in [1.807, 2.05) is 0 Å². The van der Waals surface area contributed by atoms with Gasteiger partial charge >= 0.3 is 0 Å². The molecule has 0 atom stereocenters. The first-order valence-electron chi connectivity index (χ1n) is 3.71. The van der Waals surface area contributed by atoms with Gasteiger partial charge in [-0.3, -0.25) is 14.6 Å². The molecule has 0 amide bonds. The monoisotopic (exact) mass is 200 g/mol. The molecule has 4 nitrogen and oxygen atoms in total. The Morgan fingerprint density at radius 3 is 2.57 bits per heavy atom. The van der Waals surface area contributed by atoms with Crippen LogP contribution in [0.5, 0.6) is 0 Å². The van der Waals surface area contributed by atoms with Crippen LogP contribution in [0.25, 0.3) is 0 Å². The van der Waals surface area contributed by atoms with Crippen molar-refractivity contribution in [3.63, 3.8) is 0 Å². The van der Waals surface area contributed by atoms with E-state index in [0.29, 0.717) is 0 Å². The number of ketones is 2. The zero-order valence-electron chi connectivity index (χ0n) is 6.98. The maximum absolute atomic E-state index is 11.8. The molecule has 0 aromatic carbocycles. The molecule has 0 fully saturated rings. The molecule has 0 saturated heterocycles. The number of hydrogen-bond acceptors (Lipinski definition) is 4. The number of carbonyl (C=O) groups excluding carboxylic acids is 2. The molecule has 6 heteroatoms. The van der Waals surface area contributed by atoms with Crippen LogP contribution in [0, 0.1) is 0 Å². The summed E-state index contributed by atoms with van der Waals surface area (Å²) >= 11 is 0. The van der Waals surface area contributed by atoms with Gasteiger partial charge in [0.05, 0.1) is 12.6 Å². The predicted molar refractivity (Wildman–Crippen MR) is 42.0 cm³/mol. The minimum atomic E-state index is -3.12. The molecule has 0 N–H and O–H groups in total. The van der Waals surface area contributed by atoms with Gasteiger partial charge in [0.2, 0.25) is 5.78 Å². The highest BCUT2D eigenvalue weighted by Crippen LogP contribution is 2.03. The first-order valence-corrected chi connectivity index (χ1v) is 3.71. The van der Waals surface area contributed by atoms with Crippen molar-refractivity contribution in [2.45, 2.75) is 12.8 Å². The molecule has 1 rings (SSSR count). The molecule has 1 aromatic heterocycles. The molecule has 0 aliphatic rings. The third kappa shape index (κ3) is 2.65. The molecular formula is C8H6F2N2O2. The third-order valence-corrected chi connectivity index (χ3v) is 1.43.